The summed E-state index contributed by atoms with van der Waals surface area (Å²) in [5.41, 5.74) is 0.849. The number of rotatable bonds is 8. The van der Waals surface area contributed by atoms with Crippen LogP contribution in [0.4, 0.5) is 0 Å². The van der Waals surface area contributed by atoms with Crippen LogP contribution in [0.25, 0.3) is 0 Å². The van der Waals surface area contributed by atoms with Crippen molar-refractivity contribution in [3.05, 3.63) is 47.9 Å². The van der Waals surface area contributed by atoms with E-state index in [1.54, 1.807) is 24.3 Å². The highest BCUT2D eigenvalue weighted by Crippen LogP contribution is 2.41. The van der Waals surface area contributed by atoms with E-state index in [9.17, 15) is 4.79 Å². The molecule has 0 atom stereocenters. The molecule has 3 rings (SSSR count). The van der Waals surface area contributed by atoms with E-state index in [0.29, 0.717) is 25.4 Å². The Morgan fingerprint density at radius 3 is 2.85 bits per heavy atom. The average molecular weight is 359 g/mol. The highest BCUT2D eigenvalue weighted by Gasteiger charge is 2.32. The predicted molar refractivity (Wildman–Crippen MR) is 96.3 cm³/mol. The Hall–Kier alpha value is -2.47. The fraction of sp³-hybridized carbons (Fsp3) is 0.450. The summed E-state index contributed by atoms with van der Waals surface area (Å²) in [6.07, 6.45) is 2.42. The third-order valence-electron chi connectivity index (χ3n) is 4.25. The molecule has 140 valence electrons. The standard InChI is InChI=1S/C20H25NO5/c1-20(2)12-15-6-4-8-17(19(15)26-20)25-14-18(22)21(9-11-23-3)13-16-7-5-10-24-16/h4-8,10H,9,11-14H2,1-3H3. The quantitative estimate of drug-likeness (QED) is 0.725. The number of ether oxygens (including phenoxy) is 3. The summed E-state index contributed by atoms with van der Waals surface area (Å²) in [6, 6.07) is 9.43. The number of hydrogen-bond acceptors (Lipinski definition) is 5. The van der Waals surface area contributed by atoms with Crippen molar-refractivity contribution in [3.8, 4) is 11.5 Å². The summed E-state index contributed by atoms with van der Waals surface area (Å²) in [7, 11) is 1.61. The molecule has 0 fully saturated rings. The van der Waals surface area contributed by atoms with Gasteiger partial charge in [0.05, 0.1) is 19.4 Å². The van der Waals surface area contributed by atoms with Gasteiger partial charge in [-0.3, -0.25) is 4.79 Å². The molecular weight excluding hydrogens is 334 g/mol. The molecule has 2 aromatic rings. The molecule has 6 nitrogen and oxygen atoms in total. The lowest BCUT2D eigenvalue weighted by atomic mass is 10.0. The number of nitrogens with zero attached hydrogens (tertiary/aromatic N) is 1. The molecule has 0 aliphatic carbocycles. The van der Waals surface area contributed by atoms with Crippen LogP contribution in [0.15, 0.2) is 41.0 Å². The van der Waals surface area contributed by atoms with Crippen LogP contribution in [0.2, 0.25) is 0 Å². The number of benzene rings is 1. The van der Waals surface area contributed by atoms with Crippen molar-refractivity contribution in [2.45, 2.75) is 32.4 Å². The van der Waals surface area contributed by atoms with Gasteiger partial charge in [-0.1, -0.05) is 12.1 Å². The Balaban J connectivity index is 1.64. The Bertz CT molecular complexity index is 739. The predicted octanol–water partition coefficient (Wildman–Crippen LogP) is 3.05. The Morgan fingerprint density at radius 2 is 2.12 bits per heavy atom. The van der Waals surface area contributed by atoms with Gasteiger partial charge in [-0.2, -0.15) is 0 Å². The maximum absolute atomic E-state index is 12.6. The second kappa shape index (κ2) is 7.83. The molecule has 1 aromatic heterocycles. The minimum absolute atomic E-state index is 0.0648. The van der Waals surface area contributed by atoms with Crippen LogP contribution in [0, 0.1) is 0 Å². The van der Waals surface area contributed by atoms with Gasteiger partial charge in [-0.25, -0.2) is 0 Å². The van der Waals surface area contributed by atoms with Crippen molar-refractivity contribution >= 4 is 5.91 Å². The maximum Gasteiger partial charge on any atom is 0.260 e. The Kier molecular flexibility index (Phi) is 5.52. The number of carbonyl (C=O) groups is 1. The first-order valence-corrected chi connectivity index (χ1v) is 8.71. The van der Waals surface area contributed by atoms with Gasteiger partial charge in [0.25, 0.3) is 5.91 Å². The summed E-state index contributed by atoms with van der Waals surface area (Å²) in [6.45, 7) is 5.31. The van der Waals surface area contributed by atoms with Crippen LogP contribution in [-0.2, 0) is 22.5 Å². The molecule has 1 amide bonds. The first kappa shape index (κ1) is 18.3. The maximum atomic E-state index is 12.6. The van der Waals surface area contributed by atoms with Crippen LogP contribution in [0.3, 0.4) is 0 Å². The molecule has 0 radical (unpaired) electrons. The number of amides is 1. The lowest BCUT2D eigenvalue weighted by molar-refractivity contribution is -0.134. The number of methoxy groups -OCH3 is 1. The van der Waals surface area contributed by atoms with Gasteiger partial charge in [0, 0.05) is 25.6 Å². The molecule has 1 aliphatic heterocycles. The van der Waals surface area contributed by atoms with Crippen LogP contribution in [0.5, 0.6) is 11.5 Å². The van der Waals surface area contributed by atoms with Crippen molar-refractivity contribution in [2.24, 2.45) is 0 Å². The minimum atomic E-state index is -0.254. The van der Waals surface area contributed by atoms with E-state index >= 15 is 0 Å². The van der Waals surface area contributed by atoms with Gasteiger partial charge in [-0.05, 0) is 32.0 Å². The third kappa shape index (κ3) is 4.38. The molecule has 0 unspecified atom stereocenters. The molecule has 0 bridgehead atoms. The molecule has 6 heteroatoms. The average Bonchev–Trinajstić information content (AvgIpc) is 3.22. The van der Waals surface area contributed by atoms with Crippen LogP contribution >= 0.6 is 0 Å². The SMILES string of the molecule is COCCN(Cc1ccco1)C(=O)COc1cccc2c1OC(C)(C)C2. The lowest BCUT2D eigenvalue weighted by Gasteiger charge is -2.22. The van der Waals surface area contributed by atoms with E-state index in [0.717, 1.165) is 23.5 Å². The molecule has 0 saturated carbocycles. The Labute approximate surface area is 153 Å². The first-order valence-electron chi connectivity index (χ1n) is 8.71. The largest absolute Gasteiger partial charge is 0.483 e. The van der Waals surface area contributed by atoms with Gasteiger partial charge >= 0.3 is 0 Å². The summed E-state index contributed by atoms with van der Waals surface area (Å²) in [5, 5.41) is 0. The van der Waals surface area contributed by atoms with Gasteiger partial charge in [0.1, 0.15) is 11.4 Å². The molecular formula is C20H25NO5. The number of hydrogen-bond donors (Lipinski definition) is 0. The summed E-state index contributed by atoms with van der Waals surface area (Å²) < 4.78 is 22.2. The van der Waals surface area contributed by atoms with Crippen molar-refractivity contribution in [3.63, 3.8) is 0 Å². The first-order chi connectivity index (χ1) is 12.5. The second-order valence-electron chi connectivity index (χ2n) is 6.96. The van der Waals surface area contributed by atoms with Gasteiger partial charge < -0.3 is 23.5 Å². The fourth-order valence-electron chi connectivity index (χ4n) is 3.02. The normalized spacial score (nSPS) is 14.6. The van der Waals surface area contributed by atoms with E-state index < -0.39 is 0 Å². The number of para-hydroxylation sites is 1. The topological polar surface area (TPSA) is 61.1 Å². The molecule has 1 aliphatic rings. The van der Waals surface area contributed by atoms with E-state index in [1.807, 2.05) is 38.1 Å². The second-order valence-corrected chi connectivity index (χ2v) is 6.96. The molecule has 0 N–H and O–H groups in total. The van der Waals surface area contributed by atoms with E-state index in [1.165, 1.54) is 0 Å². The summed E-state index contributed by atoms with van der Waals surface area (Å²) >= 11 is 0. The van der Waals surface area contributed by atoms with Crippen LogP contribution < -0.4 is 9.47 Å². The van der Waals surface area contributed by atoms with Crippen LogP contribution in [0.1, 0.15) is 25.2 Å². The number of fused-ring (bicyclic) bond motifs is 1. The van der Waals surface area contributed by atoms with Crippen molar-refractivity contribution in [1.82, 2.24) is 4.90 Å². The van der Waals surface area contributed by atoms with Gasteiger partial charge in [-0.15, -0.1) is 0 Å². The molecule has 2 heterocycles. The monoisotopic (exact) mass is 359 g/mol. The number of carbonyl (C=O) groups excluding carboxylic acids is 1. The molecule has 1 aromatic carbocycles. The van der Waals surface area contributed by atoms with Crippen molar-refractivity contribution in [2.75, 3.05) is 26.9 Å². The lowest BCUT2D eigenvalue weighted by Crippen LogP contribution is -2.36. The highest BCUT2D eigenvalue weighted by molar-refractivity contribution is 5.77. The van der Waals surface area contributed by atoms with Gasteiger partial charge in [0.2, 0.25) is 0 Å². The fourth-order valence-corrected chi connectivity index (χ4v) is 3.02. The van der Waals surface area contributed by atoms with Crippen molar-refractivity contribution in [1.29, 1.82) is 0 Å². The zero-order chi connectivity index (χ0) is 18.6. The van der Waals surface area contributed by atoms with E-state index in [-0.39, 0.29) is 18.1 Å². The van der Waals surface area contributed by atoms with Gasteiger partial charge in [0.15, 0.2) is 18.1 Å². The zero-order valence-corrected chi connectivity index (χ0v) is 15.5. The Morgan fingerprint density at radius 1 is 1.27 bits per heavy atom. The third-order valence-corrected chi connectivity index (χ3v) is 4.25. The van der Waals surface area contributed by atoms with Crippen molar-refractivity contribution < 1.29 is 23.4 Å². The summed E-state index contributed by atoms with van der Waals surface area (Å²) in [5.74, 6) is 1.93. The molecule has 0 saturated heterocycles. The molecule has 0 spiro atoms. The van der Waals surface area contributed by atoms with E-state index in [4.69, 9.17) is 18.6 Å². The van der Waals surface area contributed by atoms with E-state index in [2.05, 4.69) is 0 Å². The summed E-state index contributed by atoms with van der Waals surface area (Å²) in [4.78, 5) is 14.3. The molecule has 26 heavy (non-hydrogen) atoms. The minimum Gasteiger partial charge on any atom is -0.483 e. The van der Waals surface area contributed by atoms with Crippen LogP contribution in [-0.4, -0.2) is 43.3 Å². The highest BCUT2D eigenvalue weighted by atomic mass is 16.5. The number of furan rings is 1. The smallest absolute Gasteiger partial charge is 0.260 e. The zero-order valence-electron chi connectivity index (χ0n) is 15.5.